The molecule has 0 N–H and O–H groups in total. The van der Waals surface area contributed by atoms with Crippen LogP contribution in [0.15, 0.2) is 34.7 Å². The van der Waals surface area contributed by atoms with E-state index in [2.05, 4.69) is 10.2 Å². The normalized spacial score (nSPS) is 17.4. The third kappa shape index (κ3) is 2.04. The van der Waals surface area contributed by atoms with Gasteiger partial charge in [-0.1, -0.05) is 36.8 Å². The minimum absolute atomic E-state index is 0.271. The van der Waals surface area contributed by atoms with Crippen LogP contribution < -0.4 is 0 Å². The number of hydrogen-bond donors (Lipinski definition) is 0. The van der Waals surface area contributed by atoms with Crippen LogP contribution in [-0.2, 0) is 4.74 Å². The van der Waals surface area contributed by atoms with Gasteiger partial charge in [0, 0.05) is 13.0 Å². The topological polar surface area (TPSA) is 48.2 Å². The number of nitrogens with zero attached hydrogens (tertiary/aromatic N) is 2. The molecule has 1 aliphatic rings. The summed E-state index contributed by atoms with van der Waals surface area (Å²) in [6.07, 6.45) is 3.30. The molecule has 0 spiro atoms. The Morgan fingerprint density at radius 3 is 2.61 bits per heavy atom. The van der Waals surface area contributed by atoms with Crippen LogP contribution in [-0.4, -0.2) is 17.3 Å². The van der Waals surface area contributed by atoms with E-state index >= 15 is 0 Å². The summed E-state index contributed by atoms with van der Waals surface area (Å²) in [5.41, 5.74) is 1.03. The second-order valence-electron chi connectivity index (χ2n) is 4.63. The van der Waals surface area contributed by atoms with Crippen LogP contribution in [0.25, 0.3) is 0 Å². The summed E-state index contributed by atoms with van der Waals surface area (Å²) in [4.78, 5) is 0. The van der Waals surface area contributed by atoms with Crippen molar-refractivity contribution in [1.82, 2.24) is 10.2 Å². The minimum atomic E-state index is -0.271. The molecule has 0 bridgehead atoms. The van der Waals surface area contributed by atoms with E-state index in [1.807, 2.05) is 30.3 Å². The number of rotatable bonds is 4. The van der Waals surface area contributed by atoms with E-state index in [0.29, 0.717) is 11.8 Å². The van der Waals surface area contributed by atoms with Gasteiger partial charge in [-0.3, -0.25) is 0 Å². The molecule has 0 saturated heterocycles. The van der Waals surface area contributed by atoms with Crippen LogP contribution in [0, 0.1) is 0 Å². The van der Waals surface area contributed by atoms with Gasteiger partial charge < -0.3 is 9.15 Å². The van der Waals surface area contributed by atoms with E-state index in [4.69, 9.17) is 9.15 Å². The Balaban J connectivity index is 1.85. The maximum atomic E-state index is 5.75. The lowest BCUT2D eigenvalue weighted by Gasteiger charge is -2.21. The Morgan fingerprint density at radius 2 is 2.00 bits per heavy atom. The van der Waals surface area contributed by atoms with Gasteiger partial charge in [0.2, 0.25) is 11.8 Å². The van der Waals surface area contributed by atoms with Crippen molar-refractivity contribution in [2.24, 2.45) is 0 Å². The zero-order valence-corrected chi connectivity index (χ0v) is 10.4. The average molecular weight is 244 g/mol. The first-order valence-corrected chi connectivity index (χ1v) is 6.29. The first-order valence-electron chi connectivity index (χ1n) is 6.29. The molecular weight excluding hydrogens is 228 g/mol. The molecule has 94 valence electrons. The molecule has 1 heterocycles. The Labute approximate surface area is 106 Å². The molecule has 0 radical (unpaired) electrons. The monoisotopic (exact) mass is 244 g/mol. The molecule has 3 rings (SSSR count). The number of hydrogen-bond acceptors (Lipinski definition) is 4. The molecule has 1 aromatic carbocycles. The Bertz CT molecular complexity index is 506. The summed E-state index contributed by atoms with van der Waals surface area (Å²) < 4.78 is 11.2. The van der Waals surface area contributed by atoms with Crippen molar-refractivity contribution in [3.8, 4) is 0 Å². The lowest BCUT2D eigenvalue weighted by Crippen LogP contribution is -2.08. The Hall–Kier alpha value is -1.68. The van der Waals surface area contributed by atoms with Gasteiger partial charge in [-0.05, 0) is 18.4 Å². The van der Waals surface area contributed by atoms with E-state index < -0.39 is 0 Å². The molecule has 0 aliphatic heterocycles. The van der Waals surface area contributed by atoms with E-state index in [1.54, 1.807) is 7.11 Å². The van der Waals surface area contributed by atoms with Crippen molar-refractivity contribution in [2.75, 3.05) is 7.11 Å². The lowest BCUT2D eigenvalue weighted by atomic mass is 9.85. The Kier molecular flexibility index (Phi) is 3.11. The first-order chi connectivity index (χ1) is 8.88. The first kappa shape index (κ1) is 11.4. The number of ether oxygens (including phenoxy) is 1. The number of methoxy groups -OCH3 is 1. The molecule has 0 amide bonds. The quantitative estimate of drug-likeness (QED) is 0.829. The van der Waals surface area contributed by atoms with Crippen molar-refractivity contribution in [3.05, 3.63) is 47.7 Å². The molecule has 18 heavy (non-hydrogen) atoms. The molecular formula is C14H16N2O2. The molecule has 1 aromatic heterocycles. The molecule has 1 atom stereocenters. The summed E-state index contributed by atoms with van der Waals surface area (Å²) in [6.45, 7) is 0. The highest BCUT2D eigenvalue weighted by Gasteiger charge is 2.27. The van der Waals surface area contributed by atoms with Crippen LogP contribution in [0.5, 0.6) is 0 Å². The van der Waals surface area contributed by atoms with Gasteiger partial charge in [-0.2, -0.15) is 0 Å². The van der Waals surface area contributed by atoms with Gasteiger partial charge in [0.25, 0.3) is 0 Å². The average Bonchev–Trinajstić information content (AvgIpc) is 2.78. The fraction of sp³-hybridized carbons (Fsp3) is 0.429. The zero-order valence-electron chi connectivity index (χ0n) is 10.4. The summed E-state index contributed by atoms with van der Waals surface area (Å²) in [7, 11) is 1.66. The molecule has 4 heteroatoms. The third-order valence-electron chi connectivity index (χ3n) is 3.47. The van der Waals surface area contributed by atoms with Crippen LogP contribution >= 0.6 is 0 Å². The molecule has 1 fully saturated rings. The third-order valence-corrected chi connectivity index (χ3v) is 3.47. The smallest absolute Gasteiger partial charge is 0.249 e. The molecule has 4 nitrogen and oxygen atoms in total. The van der Waals surface area contributed by atoms with E-state index in [0.717, 1.165) is 24.3 Å². The summed E-state index contributed by atoms with van der Waals surface area (Å²) in [5, 5.41) is 8.26. The van der Waals surface area contributed by atoms with Gasteiger partial charge in [-0.15, -0.1) is 10.2 Å². The van der Waals surface area contributed by atoms with Gasteiger partial charge in [0.15, 0.2) is 6.10 Å². The van der Waals surface area contributed by atoms with Crippen molar-refractivity contribution in [1.29, 1.82) is 0 Å². The fourth-order valence-electron chi connectivity index (χ4n) is 2.18. The van der Waals surface area contributed by atoms with E-state index in [-0.39, 0.29) is 6.10 Å². The second kappa shape index (κ2) is 4.90. The van der Waals surface area contributed by atoms with Gasteiger partial charge in [-0.25, -0.2) is 0 Å². The standard InChI is InChI=1S/C14H16N2O2/c1-17-12(10-6-3-2-4-7-10)14-16-15-13(18-14)11-8-5-9-11/h2-4,6-7,11-12H,5,8-9H2,1H3/t12-/m0/s1. The summed E-state index contributed by atoms with van der Waals surface area (Å²) in [5.74, 6) is 1.76. The van der Waals surface area contributed by atoms with E-state index in [1.165, 1.54) is 6.42 Å². The van der Waals surface area contributed by atoms with Gasteiger partial charge in [0.05, 0.1) is 0 Å². The SMILES string of the molecule is CO[C@@H](c1ccccc1)c1nnc(C2CCC2)o1. The summed E-state index contributed by atoms with van der Waals surface area (Å²) in [6, 6.07) is 9.93. The largest absolute Gasteiger partial charge is 0.422 e. The van der Waals surface area contributed by atoms with Gasteiger partial charge in [0.1, 0.15) is 0 Å². The highest BCUT2D eigenvalue weighted by molar-refractivity contribution is 5.21. The maximum Gasteiger partial charge on any atom is 0.249 e. The zero-order chi connectivity index (χ0) is 12.4. The van der Waals surface area contributed by atoms with Crippen LogP contribution in [0.1, 0.15) is 48.6 Å². The van der Waals surface area contributed by atoms with Crippen LogP contribution in [0.4, 0.5) is 0 Å². The van der Waals surface area contributed by atoms with Gasteiger partial charge >= 0.3 is 0 Å². The molecule has 2 aromatic rings. The highest BCUT2D eigenvalue weighted by Crippen LogP contribution is 2.36. The van der Waals surface area contributed by atoms with Crippen molar-refractivity contribution in [2.45, 2.75) is 31.3 Å². The maximum absolute atomic E-state index is 5.75. The Morgan fingerprint density at radius 1 is 1.22 bits per heavy atom. The predicted octanol–water partition coefficient (Wildman–Crippen LogP) is 3.07. The molecule has 0 unspecified atom stereocenters. The molecule has 1 saturated carbocycles. The van der Waals surface area contributed by atoms with Crippen molar-refractivity contribution < 1.29 is 9.15 Å². The highest BCUT2D eigenvalue weighted by atomic mass is 16.5. The predicted molar refractivity (Wildman–Crippen MR) is 66.2 cm³/mol. The summed E-state index contributed by atoms with van der Waals surface area (Å²) >= 11 is 0. The van der Waals surface area contributed by atoms with E-state index in [9.17, 15) is 0 Å². The van der Waals surface area contributed by atoms with Crippen LogP contribution in [0.2, 0.25) is 0 Å². The van der Waals surface area contributed by atoms with Crippen LogP contribution in [0.3, 0.4) is 0 Å². The second-order valence-corrected chi connectivity index (χ2v) is 4.63. The fourth-order valence-corrected chi connectivity index (χ4v) is 2.18. The van der Waals surface area contributed by atoms with Crippen molar-refractivity contribution in [3.63, 3.8) is 0 Å². The number of aromatic nitrogens is 2. The number of benzene rings is 1. The molecule has 1 aliphatic carbocycles. The van der Waals surface area contributed by atoms with Crippen molar-refractivity contribution >= 4 is 0 Å². The lowest BCUT2D eigenvalue weighted by molar-refractivity contribution is 0.109. The minimum Gasteiger partial charge on any atom is -0.422 e.